The van der Waals surface area contributed by atoms with Crippen molar-refractivity contribution in [3.05, 3.63) is 0 Å². The van der Waals surface area contributed by atoms with Crippen molar-refractivity contribution in [1.29, 1.82) is 0 Å². The van der Waals surface area contributed by atoms with E-state index < -0.39 is 20.0 Å². The Labute approximate surface area is 71.9 Å². The Balaban J connectivity index is 4.50. The van der Waals surface area contributed by atoms with Crippen LogP contribution in [0.5, 0.6) is 0 Å². The highest BCUT2D eigenvalue weighted by molar-refractivity contribution is 7.27. The molecule has 1 N–H and O–H groups in total. The van der Waals surface area contributed by atoms with Crippen molar-refractivity contribution in [2.24, 2.45) is 0 Å². The molecular formula is C6H11O5P. The lowest BCUT2D eigenvalue weighted by molar-refractivity contribution is -0.203. The highest BCUT2D eigenvalue weighted by Crippen LogP contribution is 2.26. The van der Waals surface area contributed by atoms with Gasteiger partial charge in [-0.3, -0.25) is 4.57 Å². The summed E-state index contributed by atoms with van der Waals surface area (Å²) in [4.78, 5) is 10.6. The first kappa shape index (κ1) is 11.5. The molecule has 0 atom stereocenters. The molecule has 0 aromatic heterocycles. The van der Waals surface area contributed by atoms with Gasteiger partial charge in [0.15, 0.2) is 0 Å². The van der Waals surface area contributed by atoms with E-state index in [2.05, 4.69) is 0 Å². The molecule has 0 aromatic carbocycles. The summed E-state index contributed by atoms with van der Waals surface area (Å²) in [5, 5.41) is 8.63. The molecule has 0 bridgehead atoms. The van der Waals surface area contributed by atoms with Crippen LogP contribution in [0.2, 0.25) is 0 Å². The predicted octanol–water partition coefficient (Wildman–Crippen LogP) is 1.09. The van der Waals surface area contributed by atoms with E-state index >= 15 is 0 Å². The monoisotopic (exact) mass is 194 g/mol. The normalized spacial score (nSPS) is 11.8. The van der Waals surface area contributed by atoms with Gasteiger partial charge in [0, 0.05) is 13.2 Å². The Bertz CT molecular complexity index is 163. The van der Waals surface area contributed by atoms with Gasteiger partial charge in [-0.1, -0.05) is 0 Å². The van der Waals surface area contributed by atoms with E-state index in [1.807, 2.05) is 0 Å². The molecule has 12 heavy (non-hydrogen) atoms. The second kappa shape index (κ2) is 5.19. The van der Waals surface area contributed by atoms with Gasteiger partial charge in [0.1, 0.15) is 0 Å². The van der Waals surface area contributed by atoms with Crippen LogP contribution in [0, 0.1) is 0 Å². The lowest BCUT2D eigenvalue weighted by Gasteiger charge is -2.20. The minimum absolute atomic E-state index is 0.127. The van der Waals surface area contributed by atoms with Crippen LogP contribution >= 0.6 is 8.46 Å². The van der Waals surface area contributed by atoms with Gasteiger partial charge >= 0.3 is 11.5 Å². The molecular weight excluding hydrogens is 183 g/mol. The van der Waals surface area contributed by atoms with Gasteiger partial charge in [0.05, 0.1) is 0 Å². The summed E-state index contributed by atoms with van der Waals surface area (Å²) < 4.78 is 20.0. The predicted molar refractivity (Wildman–Crippen MR) is 41.2 cm³/mol. The summed E-state index contributed by atoms with van der Waals surface area (Å²) in [5.41, 5.74) is -2.02. The Morgan fingerprint density at radius 3 is 2.00 bits per heavy atom. The maximum Gasteiger partial charge on any atom is 0.377 e. The fourth-order valence-electron chi connectivity index (χ4n) is 0.648. The molecule has 0 spiro atoms. The van der Waals surface area contributed by atoms with E-state index in [-0.39, 0.29) is 13.2 Å². The average molecular weight is 194 g/mol. The van der Waals surface area contributed by atoms with E-state index in [1.165, 1.54) is 0 Å². The van der Waals surface area contributed by atoms with Gasteiger partial charge in [0.25, 0.3) is 0 Å². The molecule has 0 aromatic rings. The lowest BCUT2D eigenvalue weighted by Crippen LogP contribution is -2.38. The Kier molecular flexibility index (Phi) is 4.97. The van der Waals surface area contributed by atoms with Crippen molar-refractivity contribution in [2.75, 3.05) is 13.2 Å². The first-order valence-electron chi connectivity index (χ1n) is 3.48. The van der Waals surface area contributed by atoms with E-state index in [4.69, 9.17) is 14.6 Å². The first-order valence-corrected chi connectivity index (χ1v) is 4.30. The highest BCUT2D eigenvalue weighted by atomic mass is 31.1. The largest absolute Gasteiger partial charge is 0.477 e. The SMILES string of the molecule is CCOC(OCC)(P=O)C(=O)O. The molecule has 0 heterocycles. The molecule has 5 nitrogen and oxygen atoms in total. The minimum atomic E-state index is -2.02. The number of carbonyl (C=O) groups is 1. The molecule has 0 unspecified atom stereocenters. The van der Waals surface area contributed by atoms with Crippen LogP contribution < -0.4 is 0 Å². The molecule has 0 fully saturated rings. The number of carboxylic acids is 1. The molecule has 0 amide bonds. The number of ether oxygens (including phenoxy) is 2. The number of hydrogen-bond donors (Lipinski definition) is 1. The molecule has 0 radical (unpaired) electrons. The lowest BCUT2D eigenvalue weighted by atomic mass is 10.6. The molecule has 0 aliphatic heterocycles. The first-order chi connectivity index (χ1) is 5.63. The van der Waals surface area contributed by atoms with E-state index in [0.29, 0.717) is 0 Å². The topological polar surface area (TPSA) is 72.8 Å². The number of aliphatic carboxylic acids is 1. The van der Waals surface area contributed by atoms with E-state index in [9.17, 15) is 9.36 Å². The van der Waals surface area contributed by atoms with Crippen LogP contribution in [-0.4, -0.2) is 29.8 Å². The van der Waals surface area contributed by atoms with Crippen LogP contribution in [0.4, 0.5) is 0 Å². The highest BCUT2D eigenvalue weighted by Gasteiger charge is 2.42. The van der Waals surface area contributed by atoms with Crippen LogP contribution in [0.1, 0.15) is 13.8 Å². The number of hydrogen-bond acceptors (Lipinski definition) is 4. The fourth-order valence-corrected chi connectivity index (χ4v) is 1.09. The number of rotatable bonds is 6. The van der Waals surface area contributed by atoms with Gasteiger partial charge in [-0.05, 0) is 13.8 Å². The second-order valence-electron chi connectivity index (χ2n) is 1.84. The van der Waals surface area contributed by atoms with Gasteiger partial charge in [-0.2, -0.15) is 0 Å². The van der Waals surface area contributed by atoms with Gasteiger partial charge in [0.2, 0.25) is 8.46 Å². The smallest absolute Gasteiger partial charge is 0.377 e. The van der Waals surface area contributed by atoms with E-state index in [1.54, 1.807) is 13.8 Å². The van der Waals surface area contributed by atoms with Crippen molar-refractivity contribution in [3.63, 3.8) is 0 Å². The molecule has 0 aliphatic carbocycles. The summed E-state index contributed by atoms with van der Waals surface area (Å²) in [6, 6.07) is 0. The average Bonchev–Trinajstić information content (AvgIpc) is 2.03. The van der Waals surface area contributed by atoms with Crippen molar-refractivity contribution < 1.29 is 23.9 Å². The zero-order valence-electron chi connectivity index (χ0n) is 6.94. The van der Waals surface area contributed by atoms with Gasteiger partial charge < -0.3 is 14.6 Å². The van der Waals surface area contributed by atoms with Gasteiger partial charge in [-0.25, -0.2) is 4.79 Å². The van der Waals surface area contributed by atoms with Crippen LogP contribution in [0.15, 0.2) is 0 Å². The van der Waals surface area contributed by atoms with Crippen LogP contribution in [0.3, 0.4) is 0 Å². The summed E-state index contributed by atoms with van der Waals surface area (Å²) in [6.07, 6.45) is 0. The third-order valence-electron chi connectivity index (χ3n) is 1.07. The van der Waals surface area contributed by atoms with Crippen LogP contribution in [-0.2, 0) is 18.8 Å². The molecule has 70 valence electrons. The summed E-state index contributed by atoms with van der Waals surface area (Å²) >= 11 is 0. The molecule has 0 rings (SSSR count). The Hall–Kier alpha value is -0.510. The third kappa shape index (κ3) is 2.52. The minimum Gasteiger partial charge on any atom is -0.477 e. The zero-order valence-corrected chi connectivity index (χ0v) is 7.84. The third-order valence-corrected chi connectivity index (χ3v) is 1.76. The number of carboxylic acid groups (broad SMARTS) is 1. The van der Waals surface area contributed by atoms with E-state index in [0.717, 1.165) is 0 Å². The summed E-state index contributed by atoms with van der Waals surface area (Å²) in [7, 11) is -0.700. The second-order valence-corrected chi connectivity index (χ2v) is 2.62. The van der Waals surface area contributed by atoms with Crippen molar-refractivity contribution in [2.45, 2.75) is 19.4 Å². The zero-order chi connectivity index (χ0) is 9.61. The summed E-state index contributed by atoms with van der Waals surface area (Å²) in [5.74, 6) is -1.39. The molecule has 0 saturated heterocycles. The quantitative estimate of drug-likeness (QED) is 0.506. The molecule has 0 aliphatic rings. The molecule has 0 saturated carbocycles. The fraction of sp³-hybridized carbons (Fsp3) is 0.833. The Morgan fingerprint density at radius 1 is 1.42 bits per heavy atom. The van der Waals surface area contributed by atoms with Crippen LogP contribution in [0.25, 0.3) is 0 Å². The summed E-state index contributed by atoms with van der Waals surface area (Å²) in [6.45, 7) is 3.45. The van der Waals surface area contributed by atoms with Crippen molar-refractivity contribution >= 4 is 14.4 Å². The maximum atomic E-state index is 10.6. The van der Waals surface area contributed by atoms with Gasteiger partial charge in [-0.15, -0.1) is 0 Å². The maximum absolute atomic E-state index is 10.6. The molecule has 6 heteroatoms. The van der Waals surface area contributed by atoms with Crippen molar-refractivity contribution in [3.8, 4) is 0 Å². The van der Waals surface area contributed by atoms with Crippen molar-refractivity contribution in [1.82, 2.24) is 0 Å². The Morgan fingerprint density at radius 2 is 1.83 bits per heavy atom. The standard InChI is InChI=1S/C6H11O5P/c1-3-10-6(12-9,5(7)8)11-4-2/h3-4H2,1-2H3,(H,7,8).